The molecule has 1 aliphatic rings. The standard InChI is InChI=1S/C13H17NO6S/c15-13(16)9-19-14-21(17,18)12-7-5-11(6-8-12)20-10-3-1-2-4-10/h5-8,10,14H,1-4,9H2,(H,15,16). The number of hydrogen-bond acceptors (Lipinski definition) is 5. The minimum Gasteiger partial charge on any atom is -0.490 e. The second-order valence-electron chi connectivity index (χ2n) is 4.76. The highest BCUT2D eigenvalue weighted by atomic mass is 32.2. The summed E-state index contributed by atoms with van der Waals surface area (Å²) in [6.45, 7) is -0.748. The summed E-state index contributed by atoms with van der Waals surface area (Å²) in [6.07, 6.45) is 4.55. The number of carboxylic acid groups (broad SMARTS) is 1. The maximum absolute atomic E-state index is 11.8. The molecule has 116 valence electrons. The van der Waals surface area contributed by atoms with Crippen molar-refractivity contribution in [1.82, 2.24) is 4.89 Å². The summed E-state index contributed by atoms with van der Waals surface area (Å²) in [4.78, 5) is 16.4. The topological polar surface area (TPSA) is 102 Å². The number of ether oxygens (including phenoxy) is 1. The Kier molecular flexibility index (Phi) is 5.16. The van der Waals surface area contributed by atoms with Crippen molar-refractivity contribution >= 4 is 16.0 Å². The van der Waals surface area contributed by atoms with Gasteiger partial charge in [0.25, 0.3) is 10.0 Å². The Hall–Kier alpha value is -1.64. The van der Waals surface area contributed by atoms with Crippen molar-refractivity contribution in [3.8, 4) is 5.75 Å². The van der Waals surface area contributed by atoms with Crippen molar-refractivity contribution < 1.29 is 27.9 Å². The van der Waals surface area contributed by atoms with E-state index in [0.717, 1.165) is 25.7 Å². The smallest absolute Gasteiger partial charge is 0.331 e. The summed E-state index contributed by atoms with van der Waals surface area (Å²) < 4.78 is 29.3. The summed E-state index contributed by atoms with van der Waals surface area (Å²) in [5, 5.41) is 8.38. The van der Waals surface area contributed by atoms with Crippen molar-refractivity contribution in [2.45, 2.75) is 36.7 Å². The van der Waals surface area contributed by atoms with E-state index in [4.69, 9.17) is 9.84 Å². The average molecular weight is 315 g/mol. The lowest BCUT2D eigenvalue weighted by Crippen LogP contribution is -2.26. The van der Waals surface area contributed by atoms with Crippen molar-refractivity contribution in [2.24, 2.45) is 0 Å². The number of sulfonamides is 1. The van der Waals surface area contributed by atoms with Crippen molar-refractivity contribution in [3.63, 3.8) is 0 Å². The maximum Gasteiger partial charge on any atom is 0.331 e. The van der Waals surface area contributed by atoms with Gasteiger partial charge in [-0.1, -0.05) is 4.89 Å². The summed E-state index contributed by atoms with van der Waals surface area (Å²) in [6, 6.07) is 5.92. The highest BCUT2D eigenvalue weighted by Crippen LogP contribution is 2.24. The van der Waals surface area contributed by atoms with Crippen LogP contribution in [0.2, 0.25) is 0 Å². The van der Waals surface area contributed by atoms with E-state index in [1.54, 1.807) is 17.0 Å². The van der Waals surface area contributed by atoms with Crippen LogP contribution in [0.25, 0.3) is 0 Å². The third-order valence-corrected chi connectivity index (χ3v) is 4.33. The van der Waals surface area contributed by atoms with Gasteiger partial charge in [-0.2, -0.15) is 0 Å². The van der Waals surface area contributed by atoms with E-state index in [1.165, 1.54) is 12.1 Å². The van der Waals surface area contributed by atoms with E-state index >= 15 is 0 Å². The lowest BCUT2D eigenvalue weighted by Gasteiger charge is -2.13. The molecule has 0 heterocycles. The van der Waals surface area contributed by atoms with Crippen LogP contribution in [-0.4, -0.2) is 32.2 Å². The molecule has 8 heteroatoms. The van der Waals surface area contributed by atoms with Gasteiger partial charge in [0, 0.05) is 0 Å². The Bertz CT molecular complexity index is 577. The molecule has 0 radical (unpaired) electrons. The maximum atomic E-state index is 11.8. The van der Waals surface area contributed by atoms with E-state index in [2.05, 4.69) is 4.84 Å². The predicted octanol–water partition coefficient (Wildman–Crippen LogP) is 1.30. The number of benzene rings is 1. The first kappa shape index (κ1) is 15.7. The minimum absolute atomic E-state index is 0.0216. The lowest BCUT2D eigenvalue weighted by atomic mass is 10.3. The third kappa shape index (κ3) is 4.69. The van der Waals surface area contributed by atoms with Crippen LogP contribution in [0.1, 0.15) is 25.7 Å². The molecule has 0 atom stereocenters. The number of hydrogen-bond donors (Lipinski definition) is 2. The lowest BCUT2D eigenvalue weighted by molar-refractivity contribution is -0.143. The molecule has 0 aromatic heterocycles. The van der Waals surface area contributed by atoms with Crippen LogP contribution in [0, 0.1) is 0 Å². The summed E-state index contributed by atoms with van der Waals surface area (Å²) in [7, 11) is -3.89. The Morgan fingerprint density at radius 3 is 2.43 bits per heavy atom. The zero-order valence-electron chi connectivity index (χ0n) is 11.3. The number of rotatable bonds is 7. The van der Waals surface area contributed by atoms with Crippen LogP contribution in [0.15, 0.2) is 29.2 Å². The first-order valence-electron chi connectivity index (χ1n) is 6.59. The molecule has 0 saturated heterocycles. The number of carbonyl (C=O) groups is 1. The van der Waals surface area contributed by atoms with Gasteiger partial charge < -0.3 is 9.84 Å². The van der Waals surface area contributed by atoms with Gasteiger partial charge in [0.2, 0.25) is 0 Å². The minimum atomic E-state index is -3.89. The molecule has 1 saturated carbocycles. The highest BCUT2D eigenvalue weighted by Gasteiger charge is 2.18. The Morgan fingerprint density at radius 2 is 1.86 bits per heavy atom. The molecule has 0 spiro atoms. The fraction of sp³-hybridized carbons (Fsp3) is 0.462. The van der Waals surface area contributed by atoms with E-state index in [-0.39, 0.29) is 11.0 Å². The van der Waals surface area contributed by atoms with Crippen LogP contribution in [0.5, 0.6) is 5.75 Å². The summed E-state index contributed by atoms with van der Waals surface area (Å²) in [5.41, 5.74) is 0. The quantitative estimate of drug-likeness (QED) is 0.735. The second-order valence-corrected chi connectivity index (χ2v) is 6.41. The van der Waals surface area contributed by atoms with Crippen LogP contribution in [0.3, 0.4) is 0 Å². The molecule has 21 heavy (non-hydrogen) atoms. The van der Waals surface area contributed by atoms with Crippen LogP contribution in [0.4, 0.5) is 0 Å². The molecular weight excluding hydrogens is 298 g/mol. The van der Waals surface area contributed by atoms with E-state index in [0.29, 0.717) is 5.75 Å². The second kappa shape index (κ2) is 6.88. The predicted molar refractivity (Wildman–Crippen MR) is 73.2 cm³/mol. The van der Waals surface area contributed by atoms with Crippen LogP contribution < -0.4 is 9.62 Å². The molecule has 1 aromatic rings. The first-order valence-corrected chi connectivity index (χ1v) is 8.08. The number of aliphatic carboxylic acids is 1. The normalized spacial score (nSPS) is 16.0. The molecule has 0 unspecified atom stereocenters. The van der Waals surface area contributed by atoms with Gasteiger partial charge >= 0.3 is 5.97 Å². The Labute approximate surface area is 122 Å². The monoisotopic (exact) mass is 315 g/mol. The molecule has 7 nitrogen and oxygen atoms in total. The van der Waals surface area contributed by atoms with Gasteiger partial charge in [-0.15, -0.1) is 0 Å². The largest absolute Gasteiger partial charge is 0.490 e. The third-order valence-electron chi connectivity index (χ3n) is 3.10. The van der Waals surface area contributed by atoms with Gasteiger partial charge in [-0.05, 0) is 49.9 Å². The summed E-state index contributed by atoms with van der Waals surface area (Å²) in [5.74, 6) is -0.648. The molecule has 1 aliphatic carbocycles. The SMILES string of the molecule is O=C(O)CONS(=O)(=O)c1ccc(OC2CCCC2)cc1. The Balaban J connectivity index is 1.95. The first-order chi connectivity index (χ1) is 9.97. The molecule has 2 N–H and O–H groups in total. The van der Waals surface area contributed by atoms with Crippen LogP contribution in [-0.2, 0) is 19.7 Å². The molecule has 0 amide bonds. The van der Waals surface area contributed by atoms with Crippen molar-refractivity contribution in [1.29, 1.82) is 0 Å². The van der Waals surface area contributed by atoms with Gasteiger partial charge in [-0.3, -0.25) is 4.84 Å². The molecule has 2 rings (SSSR count). The zero-order chi connectivity index (χ0) is 15.3. The van der Waals surface area contributed by atoms with E-state index < -0.39 is 22.6 Å². The fourth-order valence-corrected chi connectivity index (χ4v) is 2.92. The van der Waals surface area contributed by atoms with E-state index in [1.807, 2.05) is 0 Å². The van der Waals surface area contributed by atoms with Gasteiger partial charge in [0.1, 0.15) is 5.75 Å². The molecular formula is C13H17NO6S. The average Bonchev–Trinajstić information content (AvgIpc) is 2.91. The Morgan fingerprint density at radius 1 is 1.24 bits per heavy atom. The molecule has 0 aliphatic heterocycles. The van der Waals surface area contributed by atoms with E-state index in [9.17, 15) is 13.2 Å². The van der Waals surface area contributed by atoms with Gasteiger partial charge in [0.15, 0.2) is 6.61 Å². The summed E-state index contributed by atoms with van der Waals surface area (Å²) >= 11 is 0. The van der Waals surface area contributed by atoms with Gasteiger partial charge in [-0.25, -0.2) is 13.2 Å². The number of nitrogens with one attached hydrogen (secondary N) is 1. The van der Waals surface area contributed by atoms with Crippen LogP contribution >= 0.6 is 0 Å². The molecule has 1 aromatic carbocycles. The fourth-order valence-electron chi connectivity index (χ4n) is 2.11. The molecule has 1 fully saturated rings. The highest BCUT2D eigenvalue weighted by molar-refractivity contribution is 7.89. The molecule has 0 bridgehead atoms. The number of carboxylic acids is 1. The zero-order valence-corrected chi connectivity index (χ0v) is 12.1. The van der Waals surface area contributed by atoms with Crippen molar-refractivity contribution in [2.75, 3.05) is 6.61 Å². The van der Waals surface area contributed by atoms with Crippen molar-refractivity contribution in [3.05, 3.63) is 24.3 Å². The van der Waals surface area contributed by atoms with Gasteiger partial charge in [0.05, 0.1) is 11.0 Å².